The molecule has 0 N–H and O–H groups in total. The van der Waals surface area contributed by atoms with Crippen molar-refractivity contribution in [3.8, 4) is 0 Å². The zero-order valence-electron chi connectivity index (χ0n) is 11.8. The normalized spacial score (nSPS) is 16.1. The lowest BCUT2D eigenvalue weighted by molar-refractivity contribution is 0.0871. The quantitative estimate of drug-likeness (QED) is 0.618. The van der Waals surface area contributed by atoms with Crippen molar-refractivity contribution in [1.82, 2.24) is 4.98 Å². The molecule has 0 spiro atoms. The summed E-state index contributed by atoms with van der Waals surface area (Å²) in [5.74, 6) is -0.397. The van der Waals surface area contributed by atoms with Gasteiger partial charge in [0, 0.05) is 22.5 Å². The second-order valence-electron chi connectivity index (χ2n) is 5.20. The standard InChI is InChI=1S/C17H14BrNO2/c1-3-12-9-11(8-10(2)19-12)17(18)15(20)13-6-4-5-7-14(13)16(17)21/h4-9H,3H2,1-2H3. The molecule has 3 nitrogen and oxygen atoms in total. The maximum atomic E-state index is 12.8. The summed E-state index contributed by atoms with van der Waals surface area (Å²) in [7, 11) is 0. The number of nitrogens with zero attached hydrogens (tertiary/aromatic N) is 1. The average molecular weight is 344 g/mol. The summed E-state index contributed by atoms with van der Waals surface area (Å²) in [6.45, 7) is 3.87. The molecule has 3 rings (SSSR count). The first kappa shape index (κ1) is 14.1. The van der Waals surface area contributed by atoms with Crippen LogP contribution in [0, 0.1) is 6.92 Å². The minimum absolute atomic E-state index is 0.198. The van der Waals surface area contributed by atoms with E-state index in [9.17, 15) is 9.59 Å². The molecular formula is C17H14BrNO2. The lowest BCUT2D eigenvalue weighted by Crippen LogP contribution is -2.31. The summed E-state index contributed by atoms with van der Waals surface area (Å²) in [5.41, 5.74) is 3.30. The number of aryl methyl sites for hydroxylation is 2. The number of fused-ring (bicyclic) bond motifs is 1. The molecule has 0 fully saturated rings. The van der Waals surface area contributed by atoms with Crippen LogP contribution in [-0.2, 0) is 10.7 Å². The molecule has 0 aliphatic heterocycles. The van der Waals surface area contributed by atoms with Gasteiger partial charge in [-0.25, -0.2) is 0 Å². The second kappa shape index (κ2) is 4.88. The predicted octanol–water partition coefficient (Wildman–Crippen LogP) is 3.62. The van der Waals surface area contributed by atoms with E-state index in [0.717, 1.165) is 17.8 Å². The van der Waals surface area contributed by atoms with Crippen molar-refractivity contribution in [3.63, 3.8) is 0 Å². The van der Waals surface area contributed by atoms with Crippen LogP contribution in [0.3, 0.4) is 0 Å². The van der Waals surface area contributed by atoms with E-state index in [-0.39, 0.29) is 11.6 Å². The molecule has 4 heteroatoms. The fraction of sp³-hybridized carbons (Fsp3) is 0.235. The SMILES string of the molecule is CCc1cc(C2(Br)C(=O)c3ccccc3C2=O)cc(C)n1. The Bertz CT molecular complexity index is 732. The van der Waals surface area contributed by atoms with Crippen molar-refractivity contribution in [1.29, 1.82) is 0 Å². The van der Waals surface area contributed by atoms with Crippen LogP contribution in [0.4, 0.5) is 0 Å². The van der Waals surface area contributed by atoms with Crippen LogP contribution in [0.15, 0.2) is 36.4 Å². The van der Waals surface area contributed by atoms with E-state index in [0.29, 0.717) is 16.7 Å². The highest BCUT2D eigenvalue weighted by atomic mass is 79.9. The Balaban J connectivity index is 2.21. The summed E-state index contributed by atoms with van der Waals surface area (Å²) in [5, 5.41) is 0. The van der Waals surface area contributed by atoms with E-state index in [1.807, 2.05) is 19.9 Å². The molecule has 0 atom stereocenters. The molecule has 1 aromatic carbocycles. The Morgan fingerprint density at radius 3 is 2.19 bits per heavy atom. The molecule has 1 aliphatic carbocycles. The lowest BCUT2D eigenvalue weighted by Gasteiger charge is -2.20. The first-order chi connectivity index (χ1) is 9.98. The number of hydrogen-bond donors (Lipinski definition) is 0. The van der Waals surface area contributed by atoms with Gasteiger partial charge in [0.15, 0.2) is 15.9 Å². The average Bonchev–Trinajstić information content (AvgIpc) is 2.70. The van der Waals surface area contributed by atoms with Gasteiger partial charge in [0.05, 0.1) is 0 Å². The maximum absolute atomic E-state index is 12.8. The fourth-order valence-electron chi connectivity index (χ4n) is 2.73. The van der Waals surface area contributed by atoms with Crippen LogP contribution in [0.2, 0.25) is 0 Å². The number of aromatic nitrogens is 1. The molecule has 0 saturated carbocycles. The Labute approximate surface area is 131 Å². The summed E-state index contributed by atoms with van der Waals surface area (Å²) in [6.07, 6.45) is 0.757. The smallest absolute Gasteiger partial charge is 0.192 e. The number of pyridine rings is 1. The first-order valence-corrected chi connectivity index (χ1v) is 7.63. The Hall–Kier alpha value is -1.81. The summed E-state index contributed by atoms with van der Waals surface area (Å²) < 4.78 is -1.31. The minimum atomic E-state index is -1.31. The molecule has 0 amide bonds. The number of hydrogen-bond acceptors (Lipinski definition) is 3. The predicted molar refractivity (Wildman–Crippen MR) is 84.1 cm³/mol. The highest BCUT2D eigenvalue weighted by Gasteiger charge is 2.52. The first-order valence-electron chi connectivity index (χ1n) is 6.84. The summed E-state index contributed by atoms with van der Waals surface area (Å²) in [4.78, 5) is 29.9. The zero-order chi connectivity index (χ0) is 15.2. The van der Waals surface area contributed by atoms with E-state index < -0.39 is 4.32 Å². The molecule has 2 aromatic rings. The van der Waals surface area contributed by atoms with Gasteiger partial charge in [-0.05, 0) is 31.0 Å². The largest absolute Gasteiger partial charge is 0.292 e. The van der Waals surface area contributed by atoms with Crippen LogP contribution in [0.25, 0.3) is 0 Å². The molecular weight excluding hydrogens is 330 g/mol. The highest BCUT2D eigenvalue weighted by molar-refractivity contribution is 9.10. The van der Waals surface area contributed by atoms with Crippen LogP contribution < -0.4 is 0 Å². The van der Waals surface area contributed by atoms with Gasteiger partial charge in [0.2, 0.25) is 0 Å². The number of rotatable bonds is 2. The van der Waals surface area contributed by atoms with Gasteiger partial charge in [-0.15, -0.1) is 0 Å². The van der Waals surface area contributed by atoms with Crippen LogP contribution in [-0.4, -0.2) is 16.6 Å². The van der Waals surface area contributed by atoms with Gasteiger partial charge in [-0.1, -0.05) is 47.1 Å². The van der Waals surface area contributed by atoms with Crippen molar-refractivity contribution >= 4 is 27.5 Å². The highest BCUT2D eigenvalue weighted by Crippen LogP contribution is 2.44. The molecule has 21 heavy (non-hydrogen) atoms. The van der Waals surface area contributed by atoms with Gasteiger partial charge in [0.25, 0.3) is 0 Å². The second-order valence-corrected chi connectivity index (χ2v) is 6.39. The van der Waals surface area contributed by atoms with Crippen molar-refractivity contribution in [2.45, 2.75) is 24.6 Å². The Morgan fingerprint density at radius 1 is 1.10 bits per heavy atom. The van der Waals surface area contributed by atoms with Crippen LogP contribution >= 0.6 is 15.9 Å². The number of benzene rings is 1. The van der Waals surface area contributed by atoms with Crippen molar-refractivity contribution in [2.24, 2.45) is 0 Å². The number of ketones is 2. The number of carbonyl (C=O) groups is 2. The van der Waals surface area contributed by atoms with E-state index in [4.69, 9.17) is 0 Å². The van der Waals surface area contributed by atoms with Gasteiger partial charge in [-0.3, -0.25) is 14.6 Å². The zero-order valence-corrected chi connectivity index (χ0v) is 13.4. The monoisotopic (exact) mass is 343 g/mol. The summed E-state index contributed by atoms with van der Waals surface area (Å²) >= 11 is 3.44. The topological polar surface area (TPSA) is 47.0 Å². The third kappa shape index (κ3) is 1.97. The molecule has 0 unspecified atom stereocenters. The lowest BCUT2D eigenvalue weighted by atomic mass is 9.93. The molecule has 0 radical (unpaired) electrons. The van der Waals surface area contributed by atoms with Gasteiger partial charge >= 0.3 is 0 Å². The molecule has 0 bridgehead atoms. The van der Waals surface area contributed by atoms with Crippen LogP contribution in [0.1, 0.15) is 44.6 Å². The van der Waals surface area contributed by atoms with E-state index in [1.165, 1.54) is 0 Å². The number of halogens is 1. The summed E-state index contributed by atoms with van der Waals surface area (Å²) in [6, 6.07) is 10.6. The van der Waals surface area contributed by atoms with E-state index in [1.54, 1.807) is 30.3 Å². The third-order valence-electron chi connectivity index (χ3n) is 3.81. The van der Waals surface area contributed by atoms with E-state index >= 15 is 0 Å². The van der Waals surface area contributed by atoms with Crippen LogP contribution in [0.5, 0.6) is 0 Å². The third-order valence-corrected chi connectivity index (χ3v) is 4.99. The van der Waals surface area contributed by atoms with Gasteiger partial charge in [0.1, 0.15) is 0 Å². The van der Waals surface area contributed by atoms with Crippen molar-refractivity contribution in [3.05, 3.63) is 64.5 Å². The van der Waals surface area contributed by atoms with Crippen molar-refractivity contribution < 1.29 is 9.59 Å². The molecule has 106 valence electrons. The fourth-order valence-corrected chi connectivity index (χ4v) is 3.39. The number of carbonyl (C=O) groups excluding carboxylic acids is 2. The van der Waals surface area contributed by atoms with Crippen molar-refractivity contribution in [2.75, 3.05) is 0 Å². The minimum Gasteiger partial charge on any atom is -0.292 e. The Kier molecular flexibility index (Phi) is 3.29. The molecule has 0 saturated heterocycles. The molecule has 1 aromatic heterocycles. The van der Waals surface area contributed by atoms with E-state index in [2.05, 4.69) is 20.9 Å². The van der Waals surface area contributed by atoms with Gasteiger partial charge in [-0.2, -0.15) is 0 Å². The van der Waals surface area contributed by atoms with Gasteiger partial charge < -0.3 is 0 Å². The Morgan fingerprint density at radius 2 is 1.67 bits per heavy atom. The molecule has 1 aliphatic rings. The number of alkyl halides is 1. The number of Topliss-reactive ketones (excluding diaryl/α,β-unsaturated/α-hetero) is 2. The maximum Gasteiger partial charge on any atom is 0.192 e. The molecule has 1 heterocycles.